The van der Waals surface area contributed by atoms with E-state index in [4.69, 9.17) is 14.4 Å². The van der Waals surface area contributed by atoms with Crippen molar-refractivity contribution in [2.24, 2.45) is 0 Å². The van der Waals surface area contributed by atoms with Crippen molar-refractivity contribution in [1.82, 2.24) is 0 Å². The van der Waals surface area contributed by atoms with Gasteiger partial charge in [-0.25, -0.2) is 0 Å². The summed E-state index contributed by atoms with van der Waals surface area (Å²) in [6.07, 6.45) is 1.88. The molecule has 2 N–H and O–H groups in total. The number of rotatable bonds is 5. The summed E-state index contributed by atoms with van der Waals surface area (Å²) >= 11 is 0. The zero-order chi connectivity index (χ0) is 18.3. The van der Waals surface area contributed by atoms with E-state index in [-0.39, 0.29) is 4.90 Å². The maximum Gasteiger partial charge on any atom is 0.303 e. The molecule has 0 spiro atoms. The van der Waals surface area contributed by atoms with Gasteiger partial charge >= 0.3 is 5.97 Å². The quantitative estimate of drug-likeness (QED) is 0.797. The number of hydrogen-bond donors (Lipinski definition) is 2. The average Bonchev–Trinajstić information content (AvgIpc) is 2.52. The van der Waals surface area contributed by atoms with Gasteiger partial charge in [-0.3, -0.25) is 9.35 Å². The molecular formula is C17H22O6S. The fraction of sp³-hybridized carbons (Fsp3) is 0.353. The molecule has 0 aromatic heterocycles. The number of methoxy groups -OCH3 is 1. The van der Waals surface area contributed by atoms with Crippen molar-refractivity contribution >= 4 is 26.9 Å². The average molecular weight is 354 g/mol. The van der Waals surface area contributed by atoms with Gasteiger partial charge in [0.05, 0.1) is 12.0 Å². The first-order valence-corrected chi connectivity index (χ1v) is 8.96. The number of fused-ring (bicyclic) bond motifs is 1. The largest absolute Gasteiger partial charge is 0.496 e. The minimum Gasteiger partial charge on any atom is -0.496 e. The molecule has 0 aliphatic heterocycles. The van der Waals surface area contributed by atoms with Gasteiger partial charge in [0.25, 0.3) is 10.1 Å². The van der Waals surface area contributed by atoms with E-state index in [1.807, 2.05) is 32.0 Å². The fourth-order valence-electron chi connectivity index (χ4n) is 2.11. The Bertz CT molecular complexity index is 811. The predicted molar refractivity (Wildman–Crippen MR) is 92.2 cm³/mol. The van der Waals surface area contributed by atoms with Gasteiger partial charge in [0.15, 0.2) is 0 Å². The molecule has 0 heterocycles. The van der Waals surface area contributed by atoms with Crippen LogP contribution < -0.4 is 4.74 Å². The molecule has 0 fully saturated rings. The lowest BCUT2D eigenvalue weighted by atomic mass is 10.0. The van der Waals surface area contributed by atoms with Gasteiger partial charge in [0.2, 0.25) is 0 Å². The number of aliphatic carboxylic acids is 1. The Morgan fingerprint density at radius 2 is 1.83 bits per heavy atom. The van der Waals surface area contributed by atoms with Crippen molar-refractivity contribution < 1.29 is 27.6 Å². The summed E-state index contributed by atoms with van der Waals surface area (Å²) in [5.41, 5.74) is 1.09. The maximum absolute atomic E-state index is 11.2. The summed E-state index contributed by atoms with van der Waals surface area (Å²) in [5, 5.41) is 9.47. The maximum atomic E-state index is 11.2. The summed E-state index contributed by atoms with van der Waals surface area (Å²) in [5.74, 6) is -0.278. The Morgan fingerprint density at radius 3 is 2.25 bits per heavy atom. The molecule has 0 aliphatic carbocycles. The van der Waals surface area contributed by atoms with Crippen LogP contribution in [0, 0.1) is 0 Å². The summed E-state index contributed by atoms with van der Waals surface area (Å²) < 4.78 is 36.7. The highest BCUT2D eigenvalue weighted by Gasteiger charge is 2.14. The first kappa shape index (κ1) is 19.9. The summed E-state index contributed by atoms with van der Waals surface area (Å²) in [7, 11) is -2.76. The molecule has 7 heteroatoms. The van der Waals surface area contributed by atoms with E-state index < -0.39 is 16.1 Å². The highest BCUT2D eigenvalue weighted by Crippen LogP contribution is 2.30. The number of hydrogen-bond acceptors (Lipinski definition) is 4. The molecule has 0 atom stereocenters. The van der Waals surface area contributed by atoms with Crippen LogP contribution in [-0.2, 0) is 21.3 Å². The van der Waals surface area contributed by atoms with Crippen LogP contribution in [0.1, 0.15) is 32.3 Å². The second kappa shape index (κ2) is 8.65. The normalized spacial score (nSPS) is 10.8. The Hall–Kier alpha value is -2.12. The first-order valence-electron chi connectivity index (χ1n) is 7.52. The van der Waals surface area contributed by atoms with Gasteiger partial charge in [0.1, 0.15) is 5.75 Å². The van der Waals surface area contributed by atoms with Gasteiger partial charge in [0, 0.05) is 17.9 Å². The summed E-state index contributed by atoms with van der Waals surface area (Å²) in [4.78, 5) is 9.45. The SMILES string of the molecule is CCCC(=O)O.CCc1ccc2c(OC)cc(S(=O)(=O)O)cc2c1. The monoisotopic (exact) mass is 354 g/mol. The topological polar surface area (TPSA) is 101 Å². The van der Waals surface area contributed by atoms with E-state index in [0.717, 1.165) is 29.2 Å². The van der Waals surface area contributed by atoms with Crippen molar-refractivity contribution in [3.05, 3.63) is 35.9 Å². The van der Waals surface area contributed by atoms with Gasteiger partial charge in [-0.2, -0.15) is 8.42 Å². The molecule has 0 radical (unpaired) electrons. The Labute approximate surface area is 141 Å². The molecule has 132 valence electrons. The molecule has 2 rings (SSSR count). The smallest absolute Gasteiger partial charge is 0.303 e. The molecule has 2 aromatic rings. The Morgan fingerprint density at radius 1 is 1.17 bits per heavy atom. The molecule has 0 amide bonds. The Kier molecular flexibility index (Phi) is 7.18. The van der Waals surface area contributed by atoms with Crippen LogP contribution in [0.2, 0.25) is 0 Å². The number of carbonyl (C=O) groups is 1. The second-order valence-electron chi connectivity index (χ2n) is 5.15. The van der Waals surface area contributed by atoms with Crippen LogP contribution in [-0.4, -0.2) is 31.2 Å². The fourth-order valence-corrected chi connectivity index (χ4v) is 2.64. The lowest BCUT2D eigenvalue weighted by Gasteiger charge is -2.09. The van der Waals surface area contributed by atoms with Gasteiger partial charge in [-0.1, -0.05) is 32.0 Å². The molecule has 6 nitrogen and oxygen atoms in total. The first-order chi connectivity index (χ1) is 11.2. The highest BCUT2D eigenvalue weighted by molar-refractivity contribution is 7.85. The van der Waals surface area contributed by atoms with E-state index in [0.29, 0.717) is 12.2 Å². The molecule has 0 saturated heterocycles. The van der Waals surface area contributed by atoms with Gasteiger partial charge in [-0.15, -0.1) is 0 Å². The van der Waals surface area contributed by atoms with E-state index >= 15 is 0 Å². The van der Waals surface area contributed by atoms with E-state index in [1.165, 1.54) is 19.2 Å². The number of aryl methyl sites for hydroxylation is 1. The minimum absolute atomic E-state index is 0.153. The molecule has 0 aliphatic rings. The zero-order valence-corrected chi connectivity index (χ0v) is 14.8. The van der Waals surface area contributed by atoms with E-state index in [1.54, 1.807) is 0 Å². The summed E-state index contributed by atoms with van der Waals surface area (Å²) in [6, 6.07) is 8.53. The molecule has 0 bridgehead atoms. The minimum atomic E-state index is -4.23. The van der Waals surface area contributed by atoms with E-state index in [2.05, 4.69) is 0 Å². The van der Waals surface area contributed by atoms with Gasteiger partial charge < -0.3 is 9.84 Å². The molecule has 0 unspecified atom stereocenters. The third kappa shape index (κ3) is 5.50. The highest BCUT2D eigenvalue weighted by atomic mass is 32.2. The number of ether oxygens (including phenoxy) is 1. The third-order valence-electron chi connectivity index (χ3n) is 3.34. The van der Waals surface area contributed by atoms with Gasteiger partial charge in [-0.05, 0) is 29.9 Å². The predicted octanol–water partition coefficient (Wildman–Crippen LogP) is 3.53. The Balaban J connectivity index is 0.000000413. The third-order valence-corrected chi connectivity index (χ3v) is 4.17. The van der Waals surface area contributed by atoms with Crippen LogP contribution in [0.5, 0.6) is 5.75 Å². The number of carboxylic acid groups (broad SMARTS) is 1. The van der Waals surface area contributed by atoms with Crippen molar-refractivity contribution in [2.45, 2.75) is 38.0 Å². The van der Waals surface area contributed by atoms with Crippen LogP contribution in [0.15, 0.2) is 35.2 Å². The molecule has 24 heavy (non-hydrogen) atoms. The lowest BCUT2D eigenvalue weighted by molar-refractivity contribution is -0.137. The summed E-state index contributed by atoms with van der Waals surface area (Å²) in [6.45, 7) is 3.86. The number of carboxylic acids is 1. The van der Waals surface area contributed by atoms with Crippen molar-refractivity contribution in [2.75, 3.05) is 7.11 Å². The molecule has 0 saturated carbocycles. The standard InChI is InChI=1S/C13H14O4S.C4H8O2/c1-3-9-4-5-12-10(6-9)7-11(18(14,15)16)8-13(12)17-2;1-2-3-4(5)6/h4-8H,3H2,1-2H3,(H,14,15,16);2-3H2,1H3,(H,5,6). The van der Waals surface area contributed by atoms with Crippen molar-refractivity contribution in [3.63, 3.8) is 0 Å². The molecule has 2 aromatic carbocycles. The van der Waals surface area contributed by atoms with Crippen LogP contribution in [0.25, 0.3) is 10.8 Å². The zero-order valence-electron chi connectivity index (χ0n) is 13.9. The van der Waals surface area contributed by atoms with Crippen LogP contribution in [0.3, 0.4) is 0 Å². The van der Waals surface area contributed by atoms with Crippen molar-refractivity contribution in [3.8, 4) is 5.75 Å². The van der Waals surface area contributed by atoms with Crippen molar-refractivity contribution in [1.29, 1.82) is 0 Å². The second-order valence-corrected chi connectivity index (χ2v) is 6.57. The number of benzene rings is 2. The van der Waals surface area contributed by atoms with E-state index in [9.17, 15) is 13.2 Å². The van der Waals surface area contributed by atoms with Crippen LogP contribution >= 0.6 is 0 Å². The lowest BCUT2D eigenvalue weighted by Crippen LogP contribution is -1.99. The molecular weight excluding hydrogens is 332 g/mol. The van der Waals surface area contributed by atoms with Crippen LogP contribution in [0.4, 0.5) is 0 Å².